The minimum Gasteiger partial charge on any atom is -0.457 e. The summed E-state index contributed by atoms with van der Waals surface area (Å²) in [5, 5.41) is 8.47. The fourth-order valence-electron chi connectivity index (χ4n) is 1.77. The Labute approximate surface area is 122 Å². The van der Waals surface area contributed by atoms with Gasteiger partial charge >= 0.3 is 5.97 Å². The maximum Gasteiger partial charge on any atom is 0.338 e. The highest BCUT2D eigenvalue weighted by atomic mass is 16.5. The first-order chi connectivity index (χ1) is 10.2. The van der Waals surface area contributed by atoms with E-state index in [4.69, 9.17) is 10.00 Å². The van der Waals surface area contributed by atoms with Gasteiger partial charge in [0.15, 0.2) is 5.78 Å². The van der Waals surface area contributed by atoms with E-state index in [-0.39, 0.29) is 18.8 Å². The topological polar surface area (TPSA) is 67.2 Å². The Morgan fingerprint density at radius 1 is 0.952 bits per heavy atom. The van der Waals surface area contributed by atoms with Gasteiger partial charge in [-0.05, 0) is 17.7 Å². The van der Waals surface area contributed by atoms with E-state index < -0.39 is 5.97 Å². The van der Waals surface area contributed by atoms with Crippen LogP contribution in [-0.4, -0.2) is 11.8 Å². The van der Waals surface area contributed by atoms with Crippen LogP contribution in [0.3, 0.4) is 0 Å². The van der Waals surface area contributed by atoms with Crippen molar-refractivity contribution in [3.63, 3.8) is 0 Å². The van der Waals surface area contributed by atoms with Gasteiger partial charge in [0, 0.05) is 5.56 Å². The number of benzene rings is 2. The van der Waals surface area contributed by atoms with Crippen LogP contribution < -0.4 is 0 Å². The molecule has 2 aromatic rings. The summed E-state index contributed by atoms with van der Waals surface area (Å²) in [4.78, 5) is 23.4. The Bertz CT molecular complexity index is 669. The molecule has 104 valence electrons. The third kappa shape index (κ3) is 4.02. The molecular weight excluding hydrogens is 266 g/mol. The second-order valence-corrected chi connectivity index (χ2v) is 4.40. The van der Waals surface area contributed by atoms with Gasteiger partial charge in [-0.1, -0.05) is 42.5 Å². The van der Waals surface area contributed by atoms with Crippen molar-refractivity contribution in [2.45, 2.75) is 13.0 Å². The molecule has 0 atom stereocenters. The SMILES string of the molecule is N#CCC(=O)c1ccc(C(=O)OCc2ccccc2)cc1. The lowest BCUT2D eigenvalue weighted by Crippen LogP contribution is -2.06. The quantitative estimate of drug-likeness (QED) is 0.623. The molecular formula is C17H13NO3. The predicted octanol–water partition coefficient (Wildman–Crippen LogP) is 3.14. The van der Waals surface area contributed by atoms with Gasteiger partial charge in [-0.2, -0.15) is 5.26 Å². The van der Waals surface area contributed by atoms with Crippen LogP contribution in [-0.2, 0) is 11.3 Å². The van der Waals surface area contributed by atoms with Crippen molar-refractivity contribution in [2.24, 2.45) is 0 Å². The largest absolute Gasteiger partial charge is 0.457 e. The number of Topliss-reactive ketones (excluding diaryl/α,β-unsaturated/α-hetero) is 1. The number of hydrogen-bond donors (Lipinski definition) is 0. The summed E-state index contributed by atoms with van der Waals surface area (Å²) in [6.07, 6.45) is -0.169. The smallest absolute Gasteiger partial charge is 0.338 e. The standard InChI is InChI=1S/C17H13NO3/c18-11-10-16(19)14-6-8-15(9-7-14)17(20)21-12-13-4-2-1-3-5-13/h1-9H,10,12H2. The van der Waals surface area contributed by atoms with Crippen LogP contribution >= 0.6 is 0 Å². The van der Waals surface area contributed by atoms with Crippen LogP contribution in [0, 0.1) is 11.3 Å². The summed E-state index contributed by atoms with van der Waals surface area (Å²) in [6, 6.07) is 17.3. The van der Waals surface area contributed by atoms with Gasteiger partial charge in [0.05, 0.1) is 18.1 Å². The first-order valence-corrected chi connectivity index (χ1v) is 6.42. The van der Waals surface area contributed by atoms with Crippen LogP contribution in [0.15, 0.2) is 54.6 Å². The zero-order chi connectivity index (χ0) is 15.1. The molecule has 0 spiro atoms. The van der Waals surface area contributed by atoms with Crippen molar-refractivity contribution in [3.8, 4) is 6.07 Å². The second-order valence-electron chi connectivity index (χ2n) is 4.40. The number of nitriles is 1. The molecule has 0 heterocycles. The van der Waals surface area contributed by atoms with Crippen molar-refractivity contribution in [1.82, 2.24) is 0 Å². The van der Waals surface area contributed by atoms with E-state index in [0.29, 0.717) is 11.1 Å². The van der Waals surface area contributed by atoms with Crippen molar-refractivity contribution < 1.29 is 14.3 Å². The molecule has 0 saturated carbocycles. The summed E-state index contributed by atoms with van der Waals surface area (Å²) in [5.41, 5.74) is 1.70. The summed E-state index contributed by atoms with van der Waals surface area (Å²) < 4.78 is 5.19. The number of carbonyl (C=O) groups is 2. The zero-order valence-electron chi connectivity index (χ0n) is 11.3. The Kier molecular flexibility index (Phi) is 4.84. The van der Waals surface area contributed by atoms with E-state index in [1.807, 2.05) is 30.3 Å². The fourth-order valence-corrected chi connectivity index (χ4v) is 1.77. The fraction of sp³-hybridized carbons (Fsp3) is 0.118. The van der Waals surface area contributed by atoms with Crippen LogP contribution in [0.4, 0.5) is 0 Å². The first-order valence-electron chi connectivity index (χ1n) is 6.42. The number of carbonyl (C=O) groups excluding carboxylic acids is 2. The van der Waals surface area contributed by atoms with E-state index in [0.717, 1.165) is 5.56 Å². The maximum absolute atomic E-state index is 11.9. The van der Waals surface area contributed by atoms with Gasteiger partial charge in [0.25, 0.3) is 0 Å². The van der Waals surface area contributed by atoms with E-state index in [1.165, 1.54) is 24.3 Å². The highest BCUT2D eigenvalue weighted by molar-refractivity contribution is 5.98. The lowest BCUT2D eigenvalue weighted by Gasteiger charge is -2.05. The number of rotatable bonds is 5. The predicted molar refractivity (Wildman–Crippen MR) is 76.6 cm³/mol. The third-order valence-electron chi connectivity index (χ3n) is 2.89. The molecule has 0 radical (unpaired) electrons. The van der Waals surface area contributed by atoms with Crippen molar-refractivity contribution in [1.29, 1.82) is 5.26 Å². The number of hydrogen-bond acceptors (Lipinski definition) is 4. The van der Waals surface area contributed by atoms with Crippen molar-refractivity contribution >= 4 is 11.8 Å². The van der Waals surface area contributed by atoms with Gasteiger partial charge in [0.2, 0.25) is 0 Å². The van der Waals surface area contributed by atoms with Gasteiger partial charge in [-0.25, -0.2) is 4.79 Å². The molecule has 0 N–H and O–H groups in total. The van der Waals surface area contributed by atoms with E-state index in [1.54, 1.807) is 6.07 Å². The highest BCUT2D eigenvalue weighted by Crippen LogP contribution is 2.09. The minimum absolute atomic E-state index is 0.169. The second kappa shape index (κ2) is 7.01. The van der Waals surface area contributed by atoms with Gasteiger partial charge in [-0.15, -0.1) is 0 Å². The number of nitrogens with zero attached hydrogens (tertiary/aromatic N) is 1. The lowest BCUT2D eigenvalue weighted by atomic mass is 10.1. The number of esters is 1. The van der Waals surface area contributed by atoms with E-state index in [2.05, 4.69) is 0 Å². The highest BCUT2D eigenvalue weighted by Gasteiger charge is 2.10. The van der Waals surface area contributed by atoms with Crippen LogP contribution in [0.1, 0.15) is 32.7 Å². The summed E-state index contributed by atoms with van der Waals surface area (Å²) in [7, 11) is 0. The molecule has 4 heteroatoms. The third-order valence-corrected chi connectivity index (χ3v) is 2.89. The molecule has 0 unspecified atom stereocenters. The molecule has 2 rings (SSSR count). The molecule has 0 aromatic heterocycles. The minimum atomic E-state index is -0.446. The molecule has 0 fully saturated rings. The Morgan fingerprint density at radius 2 is 1.57 bits per heavy atom. The molecule has 0 aliphatic rings. The molecule has 2 aromatic carbocycles. The molecule has 0 aliphatic heterocycles. The monoisotopic (exact) mass is 279 g/mol. The normalized spacial score (nSPS) is 9.67. The molecule has 0 saturated heterocycles. The average molecular weight is 279 g/mol. The van der Waals surface area contributed by atoms with Gasteiger partial charge < -0.3 is 4.74 Å². The zero-order valence-corrected chi connectivity index (χ0v) is 11.3. The summed E-state index contributed by atoms with van der Waals surface area (Å²) >= 11 is 0. The van der Waals surface area contributed by atoms with Crippen molar-refractivity contribution in [3.05, 3.63) is 71.3 Å². The molecule has 4 nitrogen and oxygen atoms in total. The van der Waals surface area contributed by atoms with Crippen LogP contribution in [0.5, 0.6) is 0 Å². The molecule has 0 amide bonds. The van der Waals surface area contributed by atoms with Gasteiger partial charge in [0.1, 0.15) is 6.61 Å². The van der Waals surface area contributed by atoms with Crippen molar-refractivity contribution in [2.75, 3.05) is 0 Å². The van der Waals surface area contributed by atoms with E-state index >= 15 is 0 Å². The Balaban J connectivity index is 1.97. The Hall–Kier alpha value is -2.93. The Morgan fingerprint density at radius 3 is 2.19 bits per heavy atom. The first kappa shape index (κ1) is 14.5. The molecule has 0 bridgehead atoms. The van der Waals surface area contributed by atoms with Crippen LogP contribution in [0.2, 0.25) is 0 Å². The summed E-state index contributed by atoms with van der Waals surface area (Å²) in [5.74, 6) is -0.708. The number of ketones is 1. The maximum atomic E-state index is 11.9. The molecule has 0 aliphatic carbocycles. The number of ether oxygens (including phenoxy) is 1. The van der Waals surface area contributed by atoms with Crippen LogP contribution in [0.25, 0.3) is 0 Å². The summed E-state index contributed by atoms with van der Waals surface area (Å²) in [6.45, 7) is 0.203. The van der Waals surface area contributed by atoms with Gasteiger partial charge in [-0.3, -0.25) is 4.79 Å². The average Bonchev–Trinajstić information content (AvgIpc) is 2.54. The molecule has 21 heavy (non-hydrogen) atoms. The van der Waals surface area contributed by atoms with E-state index in [9.17, 15) is 9.59 Å². The lowest BCUT2D eigenvalue weighted by molar-refractivity contribution is 0.0472.